The second kappa shape index (κ2) is 8.77. The zero-order chi connectivity index (χ0) is 24.6. The van der Waals surface area contributed by atoms with Crippen LogP contribution in [0.15, 0.2) is 53.3 Å². The molecule has 0 saturated heterocycles. The van der Waals surface area contributed by atoms with Gasteiger partial charge in [-0.25, -0.2) is 4.98 Å². The van der Waals surface area contributed by atoms with Crippen LogP contribution in [0.1, 0.15) is 45.7 Å². The molecule has 0 aliphatic heterocycles. The largest absolute Gasteiger partial charge is 0.434 e. The minimum Gasteiger partial charge on any atom is -0.298 e. The molecule has 0 radical (unpaired) electrons. The molecule has 7 nitrogen and oxygen atoms in total. The summed E-state index contributed by atoms with van der Waals surface area (Å²) in [5.41, 5.74) is -3.49. The van der Waals surface area contributed by atoms with Gasteiger partial charge >= 0.3 is 6.18 Å². The molecular formula is C24H17F3N2O5. The Kier molecular flexibility index (Phi) is 5.99. The van der Waals surface area contributed by atoms with Crippen LogP contribution in [0.2, 0.25) is 0 Å². The molecule has 4 rings (SSSR count). The average molecular weight is 470 g/mol. The molecule has 2 aromatic heterocycles. The topological polar surface area (TPSA) is 103 Å². The van der Waals surface area contributed by atoms with E-state index in [1.165, 1.54) is 18.2 Å². The van der Waals surface area contributed by atoms with Crippen LogP contribution in [0.3, 0.4) is 0 Å². The van der Waals surface area contributed by atoms with Crippen LogP contribution in [0.25, 0.3) is 11.0 Å². The third-order valence-corrected chi connectivity index (χ3v) is 5.64. The lowest BCUT2D eigenvalue weighted by molar-refractivity contribution is -0.142. The monoisotopic (exact) mass is 470 g/mol. The highest BCUT2D eigenvalue weighted by atomic mass is 19.4. The molecular weight excluding hydrogens is 453 g/mol. The standard InChI is InChI=1S/C24H17F3N2O5/c25-24(26,27)22-15(21(34)20-16(30)7-4-8-17(20)31)11-14-9-10-19(33)29(23(14)28-22)12-18(32)13-5-2-1-3-6-13/h1-3,5-6,9-11,20H,4,7-8,12H2. The smallest absolute Gasteiger partial charge is 0.298 e. The predicted molar refractivity (Wildman–Crippen MR) is 113 cm³/mol. The van der Waals surface area contributed by atoms with Gasteiger partial charge in [-0.1, -0.05) is 30.3 Å². The van der Waals surface area contributed by atoms with Crippen LogP contribution in [0.4, 0.5) is 13.2 Å². The van der Waals surface area contributed by atoms with E-state index < -0.39 is 64.2 Å². The molecule has 0 spiro atoms. The Morgan fingerprint density at radius 2 is 1.62 bits per heavy atom. The van der Waals surface area contributed by atoms with Crippen molar-refractivity contribution in [2.24, 2.45) is 5.92 Å². The van der Waals surface area contributed by atoms with Crippen molar-refractivity contribution in [3.8, 4) is 0 Å². The first-order valence-electron chi connectivity index (χ1n) is 10.4. The Labute approximate surface area is 190 Å². The van der Waals surface area contributed by atoms with Gasteiger partial charge in [0.25, 0.3) is 5.56 Å². The summed E-state index contributed by atoms with van der Waals surface area (Å²) in [4.78, 5) is 65.9. The Morgan fingerprint density at radius 1 is 0.971 bits per heavy atom. The lowest BCUT2D eigenvalue weighted by atomic mass is 9.81. The van der Waals surface area contributed by atoms with Crippen molar-refractivity contribution in [2.45, 2.75) is 32.0 Å². The second-order valence-corrected chi connectivity index (χ2v) is 7.93. The number of ketones is 4. The van der Waals surface area contributed by atoms with Crippen LogP contribution >= 0.6 is 0 Å². The van der Waals surface area contributed by atoms with E-state index >= 15 is 0 Å². The summed E-state index contributed by atoms with van der Waals surface area (Å²) in [7, 11) is 0. The first kappa shape index (κ1) is 23.2. The van der Waals surface area contributed by atoms with Crippen LogP contribution in [-0.2, 0) is 22.3 Å². The Balaban J connectivity index is 1.87. The highest BCUT2D eigenvalue weighted by molar-refractivity contribution is 6.25. The normalized spacial score (nSPS) is 15.0. The number of hydrogen-bond donors (Lipinski definition) is 0. The van der Waals surface area contributed by atoms with Gasteiger partial charge in [0.15, 0.2) is 28.8 Å². The molecule has 2 heterocycles. The van der Waals surface area contributed by atoms with Crippen molar-refractivity contribution in [3.63, 3.8) is 0 Å². The number of carbonyl (C=O) groups excluding carboxylic acids is 4. The lowest BCUT2D eigenvalue weighted by Gasteiger charge is -2.20. The molecule has 0 N–H and O–H groups in total. The van der Waals surface area contributed by atoms with Crippen LogP contribution in [-0.4, -0.2) is 32.7 Å². The van der Waals surface area contributed by atoms with Gasteiger partial charge in [0.2, 0.25) is 0 Å². The number of rotatable bonds is 5. The van der Waals surface area contributed by atoms with Crippen molar-refractivity contribution in [1.82, 2.24) is 9.55 Å². The van der Waals surface area contributed by atoms with Crippen LogP contribution in [0.5, 0.6) is 0 Å². The highest BCUT2D eigenvalue weighted by Crippen LogP contribution is 2.34. The van der Waals surface area contributed by atoms with E-state index in [9.17, 15) is 37.1 Å². The van der Waals surface area contributed by atoms with E-state index in [1.807, 2.05) is 0 Å². The molecule has 0 unspecified atom stereocenters. The van der Waals surface area contributed by atoms with E-state index in [1.54, 1.807) is 18.2 Å². The maximum atomic E-state index is 13.9. The third kappa shape index (κ3) is 4.30. The summed E-state index contributed by atoms with van der Waals surface area (Å²) in [6.07, 6.45) is -5.04. The predicted octanol–water partition coefficient (Wildman–Crippen LogP) is 3.42. The molecule has 1 aliphatic carbocycles. The summed E-state index contributed by atoms with van der Waals surface area (Å²) < 4.78 is 42.6. The Morgan fingerprint density at radius 3 is 2.24 bits per heavy atom. The number of halogens is 3. The fourth-order valence-corrected chi connectivity index (χ4v) is 3.98. The van der Waals surface area contributed by atoms with Crippen molar-refractivity contribution in [1.29, 1.82) is 0 Å². The molecule has 34 heavy (non-hydrogen) atoms. The SMILES string of the molecule is O=C(Cn1c(=O)ccc2cc(C(=O)C3C(=O)CCCC3=O)c(C(F)(F)F)nc21)c1ccccc1. The van der Waals surface area contributed by atoms with E-state index in [0.29, 0.717) is 0 Å². The molecule has 174 valence electrons. The van der Waals surface area contributed by atoms with Gasteiger partial charge in [0.05, 0.1) is 12.1 Å². The maximum absolute atomic E-state index is 13.9. The van der Waals surface area contributed by atoms with E-state index in [-0.39, 0.29) is 30.2 Å². The van der Waals surface area contributed by atoms with Crippen molar-refractivity contribution in [3.05, 3.63) is 75.7 Å². The number of nitrogens with zero attached hydrogens (tertiary/aromatic N) is 2. The maximum Gasteiger partial charge on any atom is 0.434 e. The summed E-state index contributed by atoms with van der Waals surface area (Å²) >= 11 is 0. The summed E-state index contributed by atoms with van der Waals surface area (Å²) in [5.74, 6) is -5.06. The number of aromatic nitrogens is 2. The average Bonchev–Trinajstić information content (AvgIpc) is 2.79. The number of pyridine rings is 2. The summed E-state index contributed by atoms with van der Waals surface area (Å²) in [6, 6.07) is 11.0. The number of fused-ring (bicyclic) bond motifs is 1. The first-order chi connectivity index (χ1) is 16.1. The van der Waals surface area contributed by atoms with Gasteiger partial charge in [-0.05, 0) is 18.6 Å². The second-order valence-electron chi connectivity index (χ2n) is 7.93. The highest BCUT2D eigenvalue weighted by Gasteiger charge is 2.43. The number of carbonyl (C=O) groups is 4. The van der Waals surface area contributed by atoms with E-state index in [0.717, 1.165) is 16.7 Å². The fraction of sp³-hybridized carbons (Fsp3) is 0.250. The molecule has 10 heteroatoms. The zero-order valence-electron chi connectivity index (χ0n) is 17.6. The van der Waals surface area contributed by atoms with Crippen molar-refractivity contribution in [2.75, 3.05) is 0 Å². The lowest BCUT2D eigenvalue weighted by Crippen LogP contribution is -2.36. The molecule has 0 atom stereocenters. The number of hydrogen-bond acceptors (Lipinski definition) is 6. The molecule has 0 bridgehead atoms. The summed E-state index contributed by atoms with van der Waals surface area (Å²) in [5, 5.41) is -0.0208. The van der Waals surface area contributed by atoms with Gasteiger partial charge in [-0.3, -0.25) is 28.5 Å². The minimum absolute atomic E-state index is 0.0208. The van der Waals surface area contributed by atoms with Gasteiger partial charge < -0.3 is 0 Å². The Bertz CT molecular complexity index is 1380. The molecule has 1 saturated carbocycles. The van der Waals surface area contributed by atoms with Crippen LogP contribution < -0.4 is 5.56 Å². The third-order valence-electron chi connectivity index (χ3n) is 5.64. The molecule has 3 aromatic rings. The van der Waals surface area contributed by atoms with Crippen molar-refractivity contribution < 1.29 is 32.3 Å². The molecule has 1 aliphatic rings. The van der Waals surface area contributed by atoms with Gasteiger partial charge in [0.1, 0.15) is 11.6 Å². The van der Waals surface area contributed by atoms with E-state index in [2.05, 4.69) is 4.98 Å². The van der Waals surface area contributed by atoms with Crippen molar-refractivity contribution >= 4 is 34.2 Å². The van der Waals surface area contributed by atoms with Crippen LogP contribution in [0, 0.1) is 5.92 Å². The quantitative estimate of drug-likeness (QED) is 0.418. The molecule has 1 aromatic carbocycles. The Hall–Kier alpha value is -3.95. The zero-order valence-corrected chi connectivity index (χ0v) is 17.6. The van der Waals surface area contributed by atoms with Gasteiger partial charge in [-0.15, -0.1) is 0 Å². The number of Topliss-reactive ketones (excluding diaryl/α,β-unsaturated/α-hetero) is 4. The number of alkyl halides is 3. The van der Waals surface area contributed by atoms with Gasteiger partial charge in [0, 0.05) is 29.9 Å². The minimum atomic E-state index is -5.12. The summed E-state index contributed by atoms with van der Waals surface area (Å²) in [6.45, 7) is -0.572. The molecule has 0 amide bonds. The number of benzene rings is 1. The van der Waals surface area contributed by atoms with Gasteiger partial charge in [-0.2, -0.15) is 13.2 Å². The first-order valence-corrected chi connectivity index (χ1v) is 10.4. The van der Waals surface area contributed by atoms with E-state index in [4.69, 9.17) is 0 Å². The fourth-order valence-electron chi connectivity index (χ4n) is 3.98. The molecule has 1 fully saturated rings.